The maximum absolute atomic E-state index is 11.2. The van der Waals surface area contributed by atoms with E-state index < -0.39 is 11.7 Å². The summed E-state index contributed by atoms with van der Waals surface area (Å²) in [7, 11) is 1.62. The van der Waals surface area contributed by atoms with Crippen molar-refractivity contribution < 1.29 is 14.9 Å². The summed E-state index contributed by atoms with van der Waals surface area (Å²) in [6.45, 7) is 1.79. The second-order valence-corrected chi connectivity index (χ2v) is 7.07. The minimum Gasteiger partial charge on any atom is -0.496 e. The number of aliphatic hydroxyl groups excluding tert-OH is 1. The zero-order valence-electron chi connectivity index (χ0n) is 14.4. The van der Waals surface area contributed by atoms with Gasteiger partial charge in [-0.3, -0.25) is 4.90 Å². The molecule has 0 unspecified atom stereocenters. The predicted octanol–water partition coefficient (Wildman–Crippen LogP) is 3.37. The first kappa shape index (κ1) is 18.2. The number of likely N-dealkylation sites (tertiary alicyclic amines) is 1. The molecular weight excluding hydrogens is 338 g/mol. The van der Waals surface area contributed by atoms with Gasteiger partial charge in [-0.15, -0.1) is 0 Å². The Morgan fingerprint density at radius 3 is 2.64 bits per heavy atom. The van der Waals surface area contributed by atoms with Crippen molar-refractivity contribution in [2.75, 3.05) is 26.7 Å². The van der Waals surface area contributed by atoms with Crippen molar-refractivity contribution in [3.05, 3.63) is 64.7 Å². The van der Waals surface area contributed by atoms with Crippen LogP contribution in [-0.2, 0) is 5.60 Å². The number of rotatable bonds is 5. The highest BCUT2D eigenvalue weighted by molar-refractivity contribution is 6.30. The van der Waals surface area contributed by atoms with E-state index in [1.165, 1.54) is 0 Å². The van der Waals surface area contributed by atoms with Gasteiger partial charge in [0.25, 0.3) is 0 Å². The quantitative estimate of drug-likeness (QED) is 0.857. The Bertz CT molecular complexity index is 706. The van der Waals surface area contributed by atoms with Gasteiger partial charge in [-0.2, -0.15) is 0 Å². The van der Waals surface area contributed by atoms with Crippen molar-refractivity contribution in [1.82, 2.24) is 4.90 Å². The van der Waals surface area contributed by atoms with Crippen LogP contribution in [0.1, 0.15) is 30.1 Å². The molecule has 25 heavy (non-hydrogen) atoms. The smallest absolute Gasteiger partial charge is 0.124 e. The number of ether oxygens (including phenoxy) is 1. The molecule has 5 heteroatoms. The van der Waals surface area contributed by atoms with E-state index in [1.807, 2.05) is 36.4 Å². The minimum absolute atomic E-state index is 0.470. The Morgan fingerprint density at radius 2 is 1.92 bits per heavy atom. The van der Waals surface area contributed by atoms with Crippen LogP contribution in [0.25, 0.3) is 0 Å². The molecule has 0 bridgehead atoms. The number of hydrogen-bond donors (Lipinski definition) is 2. The molecule has 0 aromatic heterocycles. The van der Waals surface area contributed by atoms with Crippen LogP contribution in [0.2, 0.25) is 5.02 Å². The Hall–Kier alpha value is -1.59. The molecule has 0 aliphatic carbocycles. The molecule has 0 spiro atoms. The summed E-state index contributed by atoms with van der Waals surface area (Å²) >= 11 is 5.91. The van der Waals surface area contributed by atoms with E-state index in [2.05, 4.69) is 4.90 Å². The van der Waals surface area contributed by atoms with Crippen molar-refractivity contribution in [2.45, 2.75) is 24.5 Å². The summed E-state index contributed by atoms with van der Waals surface area (Å²) in [6.07, 6.45) is 0.931. The molecule has 3 rings (SSSR count). The molecule has 2 N–H and O–H groups in total. The van der Waals surface area contributed by atoms with Crippen molar-refractivity contribution in [2.24, 2.45) is 0 Å². The van der Waals surface area contributed by atoms with Crippen LogP contribution in [0.4, 0.5) is 0 Å². The summed E-state index contributed by atoms with van der Waals surface area (Å²) < 4.78 is 5.42. The van der Waals surface area contributed by atoms with Gasteiger partial charge in [0.1, 0.15) is 11.4 Å². The monoisotopic (exact) mass is 361 g/mol. The molecule has 2 aromatic rings. The molecule has 4 nitrogen and oxygen atoms in total. The summed E-state index contributed by atoms with van der Waals surface area (Å²) in [6, 6.07) is 14.8. The fourth-order valence-corrected chi connectivity index (χ4v) is 3.69. The van der Waals surface area contributed by atoms with Gasteiger partial charge in [0, 0.05) is 23.7 Å². The van der Waals surface area contributed by atoms with Gasteiger partial charge in [-0.1, -0.05) is 41.9 Å². The first-order chi connectivity index (χ1) is 12.0. The van der Waals surface area contributed by atoms with Crippen LogP contribution in [0.15, 0.2) is 48.5 Å². The fourth-order valence-electron chi connectivity index (χ4n) is 3.56. The van der Waals surface area contributed by atoms with Crippen molar-refractivity contribution in [3.63, 3.8) is 0 Å². The Balaban J connectivity index is 1.73. The highest BCUT2D eigenvalue weighted by atomic mass is 35.5. The molecule has 0 saturated carbocycles. The molecule has 1 heterocycles. The largest absolute Gasteiger partial charge is 0.496 e. The molecule has 1 aliphatic heterocycles. The average Bonchev–Trinajstić information content (AvgIpc) is 2.62. The molecule has 1 saturated heterocycles. The van der Waals surface area contributed by atoms with E-state index in [0.29, 0.717) is 30.3 Å². The third kappa shape index (κ3) is 4.15. The summed E-state index contributed by atoms with van der Waals surface area (Å²) in [4.78, 5) is 2.11. The number of halogens is 1. The van der Waals surface area contributed by atoms with E-state index >= 15 is 0 Å². The van der Waals surface area contributed by atoms with Crippen molar-refractivity contribution in [3.8, 4) is 5.75 Å². The Morgan fingerprint density at radius 1 is 1.20 bits per heavy atom. The average molecular weight is 362 g/mol. The normalized spacial score (nSPS) is 22.6. The van der Waals surface area contributed by atoms with Crippen LogP contribution in [-0.4, -0.2) is 41.9 Å². The van der Waals surface area contributed by atoms with E-state index in [4.69, 9.17) is 16.3 Å². The van der Waals surface area contributed by atoms with Gasteiger partial charge in [-0.25, -0.2) is 0 Å². The number of nitrogens with zero attached hydrogens (tertiary/aromatic N) is 1. The lowest BCUT2D eigenvalue weighted by Crippen LogP contribution is -2.47. The van der Waals surface area contributed by atoms with Crippen molar-refractivity contribution >= 4 is 11.6 Å². The van der Waals surface area contributed by atoms with Gasteiger partial charge in [0.15, 0.2) is 0 Å². The first-order valence-electron chi connectivity index (χ1n) is 8.53. The van der Waals surface area contributed by atoms with Gasteiger partial charge < -0.3 is 14.9 Å². The predicted molar refractivity (Wildman–Crippen MR) is 99.0 cm³/mol. The molecule has 2 aromatic carbocycles. The molecule has 134 valence electrons. The number of para-hydroxylation sites is 1. The van der Waals surface area contributed by atoms with Gasteiger partial charge in [0.2, 0.25) is 0 Å². The Labute approximate surface area is 153 Å². The van der Waals surface area contributed by atoms with E-state index in [-0.39, 0.29) is 0 Å². The van der Waals surface area contributed by atoms with E-state index in [0.717, 1.165) is 24.1 Å². The second kappa shape index (κ2) is 7.75. The standard InChI is InChI=1S/C20H24ClNO3/c1-25-19-6-3-2-5-17(19)20(24)11-4-12-22(14-20)13-18(23)15-7-9-16(21)10-8-15/h2-3,5-10,18,23-24H,4,11-14H2,1H3/t18-,20-/m1/s1. The molecule has 0 amide bonds. The molecule has 0 radical (unpaired) electrons. The topological polar surface area (TPSA) is 52.9 Å². The number of hydrogen-bond acceptors (Lipinski definition) is 4. The second-order valence-electron chi connectivity index (χ2n) is 6.64. The minimum atomic E-state index is -0.968. The summed E-state index contributed by atoms with van der Waals surface area (Å²) in [5.41, 5.74) is 0.670. The molecule has 1 aliphatic rings. The van der Waals surface area contributed by atoms with Gasteiger partial charge in [-0.05, 0) is 43.1 Å². The maximum atomic E-state index is 11.2. The first-order valence-corrected chi connectivity index (χ1v) is 8.91. The highest BCUT2D eigenvalue weighted by Crippen LogP contribution is 2.37. The lowest BCUT2D eigenvalue weighted by Gasteiger charge is -2.40. The highest BCUT2D eigenvalue weighted by Gasteiger charge is 2.37. The van der Waals surface area contributed by atoms with Crippen LogP contribution in [0.5, 0.6) is 5.75 Å². The number of aliphatic hydroxyl groups is 2. The van der Waals surface area contributed by atoms with Gasteiger partial charge >= 0.3 is 0 Å². The molecule has 1 fully saturated rings. The van der Waals surface area contributed by atoms with Gasteiger partial charge in [0.05, 0.1) is 13.2 Å². The maximum Gasteiger partial charge on any atom is 0.124 e. The van der Waals surface area contributed by atoms with E-state index in [9.17, 15) is 10.2 Å². The van der Waals surface area contributed by atoms with E-state index in [1.54, 1.807) is 19.2 Å². The van der Waals surface area contributed by atoms with Crippen LogP contribution >= 0.6 is 11.6 Å². The summed E-state index contributed by atoms with van der Waals surface area (Å²) in [5, 5.41) is 22.4. The number of β-amino-alcohol motifs (C(OH)–C–C–N with tert-alkyl or cyclic N) is 2. The summed E-state index contributed by atoms with van der Waals surface area (Å²) in [5.74, 6) is 0.699. The third-order valence-electron chi connectivity index (χ3n) is 4.84. The zero-order valence-corrected chi connectivity index (χ0v) is 15.1. The van der Waals surface area contributed by atoms with Crippen LogP contribution in [0, 0.1) is 0 Å². The lowest BCUT2D eigenvalue weighted by atomic mass is 9.85. The number of piperidine rings is 1. The fraction of sp³-hybridized carbons (Fsp3) is 0.400. The number of methoxy groups -OCH3 is 1. The van der Waals surface area contributed by atoms with Crippen LogP contribution < -0.4 is 4.74 Å². The zero-order chi connectivity index (χ0) is 17.9. The lowest BCUT2D eigenvalue weighted by molar-refractivity contribution is -0.0474. The van der Waals surface area contributed by atoms with Crippen molar-refractivity contribution in [1.29, 1.82) is 0 Å². The number of benzene rings is 2. The van der Waals surface area contributed by atoms with Crippen LogP contribution in [0.3, 0.4) is 0 Å². The SMILES string of the molecule is COc1ccccc1[C@@]1(O)CCCN(C[C@@H](O)c2ccc(Cl)cc2)C1. The third-order valence-corrected chi connectivity index (χ3v) is 5.10. The molecule has 2 atom stereocenters. The molecular formula is C20H24ClNO3. The Kier molecular flexibility index (Phi) is 5.64.